The summed E-state index contributed by atoms with van der Waals surface area (Å²) in [5.41, 5.74) is 7.72. The van der Waals surface area contributed by atoms with Crippen LogP contribution in [0.3, 0.4) is 0 Å². The lowest BCUT2D eigenvalue weighted by Gasteiger charge is -2.19. The van der Waals surface area contributed by atoms with Crippen molar-refractivity contribution in [3.63, 3.8) is 0 Å². The second-order valence-electron chi connectivity index (χ2n) is 4.71. The fraction of sp³-hybridized carbons (Fsp3) is 0.308. The molecule has 0 radical (unpaired) electrons. The number of rotatable bonds is 3. The Morgan fingerprint density at radius 3 is 2.76 bits per heavy atom. The van der Waals surface area contributed by atoms with E-state index in [4.69, 9.17) is 5.73 Å². The number of hydrogen-bond donors (Lipinski definition) is 1. The summed E-state index contributed by atoms with van der Waals surface area (Å²) in [6.07, 6.45) is 1.97. The molecule has 0 aliphatic carbocycles. The van der Waals surface area contributed by atoms with Gasteiger partial charge in [-0.1, -0.05) is 35.8 Å². The molecule has 3 nitrogen and oxygen atoms in total. The third-order valence-electron chi connectivity index (χ3n) is 2.87. The van der Waals surface area contributed by atoms with Crippen LogP contribution in [-0.2, 0) is 5.41 Å². The van der Waals surface area contributed by atoms with Crippen LogP contribution in [0.15, 0.2) is 41.0 Å². The average molecular weight is 294 g/mol. The maximum atomic E-state index is 5.75. The SMILES string of the molecule is CC(C)(CN)c1ccn(-c2cccc(Br)c2)n1. The van der Waals surface area contributed by atoms with E-state index in [-0.39, 0.29) is 5.41 Å². The van der Waals surface area contributed by atoms with Crippen LogP contribution < -0.4 is 5.73 Å². The fourth-order valence-corrected chi connectivity index (χ4v) is 1.94. The van der Waals surface area contributed by atoms with Crippen molar-refractivity contribution in [3.8, 4) is 5.69 Å². The van der Waals surface area contributed by atoms with Gasteiger partial charge in [0, 0.05) is 22.6 Å². The molecule has 0 saturated carbocycles. The highest BCUT2D eigenvalue weighted by Crippen LogP contribution is 2.21. The summed E-state index contributed by atoms with van der Waals surface area (Å²) in [5, 5.41) is 4.58. The monoisotopic (exact) mass is 293 g/mol. The van der Waals surface area contributed by atoms with Crippen LogP contribution in [0.1, 0.15) is 19.5 Å². The Kier molecular flexibility index (Phi) is 3.35. The van der Waals surface area contributed by atoms with Gasteiger partial charge in [0.1, 0.15) is 0 Å². The van der Waals surface area contributed by atoms with Crippen molar-refractivity contribution in [2.75, 3.05) is 6.54 Å². The van der Waals surface area contributed by atoms with E-state index in [1.807, 2.05) is 41.2 Å². The van der Waals surface area contributed by atoms with Gasteiger partial charge in [-0.25, -0.2) is 4.68 Å². The van der Waals surface area contributed by atoms with Gasteiger partial charge in [0.25, 0.3) is 0 Å². The van der Waals surface area contributed by atoms with Gasteiger partial charge in [0.05, 0.1) is 11.4 Å². The van der Waals surface area contributed by atoms with E-state index in [2.05, 4.69) is 34.9 Å². The smallest absolute Gasteiger partial charge is 0.0697 e. The van der Waals surface area contributed by atoms with Crippen molar-refractivity contribution in [1.29, 1.82) is 0 Å². The summed E-state index contributed by atoms with van der Waals surface area (Å²) in [6.45, 7) is 4.78. The molecule has 1 heterocycles. The van der Waals surface area contributed by atoms with Crippen LogP contribution in [0.4, 0.5) is 0 Å². The quantitative estimate of drug-likeness (QED) is 0.946. The number of aromatic nitrogens is 2. The minimum Gasteiger partial charge on any atom is -0.330 e. The lowest BCUT2D eigenvalue weighted by Crippen LogP contribution is -2.28. The van der Waals surface area contributed by atoms with Crippen molar-refractivity contribution in [2.24, 2.45) is 5.73 Å². The molecule has 17 heavy (non-hydrogen) atoms. The molecule has 0 aliphatic heterocycles. The Morgan fingerprint density at radius 1 is 1.35 bits per heavy atom. The number of nitrogens with zero attached hydrogens (tertiary/aromatic N) is 2. The predicted octanol–water partition coefficient (Wildman–Crippen LogP) is 2.87. The molecule has 2 rings (SSSR count). The zero-order valence-electron chi connectivity index (χ0n) is 10.0. The van der Waals surface area contributed by atoms with Crippen LogP contribution in [0, 0.1) is 0 Å². The molecule has 0 aliphatic rings. The Bertz CT molecular complexity index is 517. The normalized spacial score (nSPS) is 11.8. The summed E-state index contributed by atoms with van der Waals surface area (Å²) in [7, 11) is 0. The Balaban J connectivity index is 2.36. The van der Waals surface area contributed by atoms with E-state index in [1.165, 1.54) is 0 Å². The molecule has 0 atom stereocenters. The van der Waals surface area contributed by atoms with Crippen molar-refractivity contribution in [1.82, 2.24) is 9.78 Å². The molecule has 0 spiro atoms. The minimum absolute atomic E-state index is 0.0860. The first kappa shape index (κ1) is 12.3. The maximum absolute atomic E-state index is 5.75. The third-order valence-corrected chi connectivity index (χ3v) is 3.36. The Morgan fingerprint density at radius 2 is 2.12 bits per heavy atom. The van der Waals surface area contributed by atoms with E-state index in [0.29, 0.717) is 6.54 Å². The molecule has 90 valence electrons. The molecule has 1 aromatic heterocycles. The van der Waals surface area contributed by atoms with E-state index < -0.39 is 0 Å². The van der Waals surface area contributed by atoms with Gasteiger partial charge in [-0.15, -0.1) is 0 Å². The summed E-state index contributed by atoms with van der Waals surface area (Å²) in [5.74, 6) is 0. The van der Waals surface area contributed by atoms with Crippen LogP contribution in [0.5, 0.6) is 0 Å². The first-order chi connectivity index (χ1) is 8.03. The topological polar surface area (TPSA) is 43.8 Å². The van der Waals surface area contributed by atoms with Gasteiger partial charge in [-0.2, -0.15) is 5.10 Å². The van der Waals surface area contributed by atoms with Crippen molar-refractivity contribution >= 4 is 15.9 Å². The third kappa shape index (κ3) is 2.58. The molecule has 2 aromatic rings. The van der Waals surface area contributed by atoms with E-state index in [0.717, 1.165) is 15.9 Å². The van der Waals surface area contributed by atoms with Gasteiger partial charge >= 0.3 is 0 Å². The largest absolute Gasteiger partial charge is 0.330 e. The summed E-state index contributed by atoms with van der Waals surface area (Å²) >= 11 is 3.46. The number of halogens is 1. The van der Waals surface area contributed by atoms with Crippen LogP contribution in [-0.4, -0.2) is 16.3 Å². The standard InChI is InChI=1S/C13H16BrN3/c1-13(2,9-15)12-6-7-17(16-12)11-5-3-4-10(14)8-11/h3-8H,9,15H2,1-2H3. The Hall–Kier alpha value is -1.13. The van der Waals surface area contributed by atoms with E-state index >= 15 is 0 Å². The van der Waals surface area contributed by atoms with Crippen LogP contribution >= 0.6 is 15.9 Å². The predicted molar refractivity (Wildman–Crippen MR) is 73.3 cm³/mol. The molecule has 0 saturated heterocycles. The molecule has 1 aromatic carbocycles. The lowest BCUT2D eigenvalue weighted by molar-refractivity contribution is 0.516. The average Bonchev–Trinajstić information content (AvgIpc) is 2.79. The Labute approximate surface area is 110 Å². The second-order valence-corrected chi connectivity index (χ2v) is 5.63. The first-order valence-electron chi connectivity index (χ1n) is 5.55. The van der Waals surface area contributed by atoms with Gasteiger partial charge in [0.2, 0.25) is 0 Å². The highest BCUT2D eigenvalue weighted by atomic mass is 79.9. The zero-order valence-corrected chi connectivity index (χ0v) is 11.6. The van der Waals surface area contributed by atoms with E-state index in [9.17, 15) is 0 Å². The van der Waals surface area contributed by atoms with E-state index in [1.54, 1.807) is 0 Å². The first-order valence-corrected chi connectivity index (χ1v) is 6.34. The van der Waals surface area contributed by atoms with Gasteiger partial charge in [-0.3, -0.25) is 0 Å². The maximum Gasteiger partial charge on any atom is 0.0697 e. The molecule has 0 fully saturated rings. The summed E-state index contributed by atoms with van der Waals surface area (Å²) in [4.78, 5) is 0. The fourth-order valence-electron chi connectivity index (χ4n) is 1.55. The van der Waals surface area contributed by atoms with Gasteiger partial charge in [-0.05, 0) is 24.3 Å². The summed E-state index contributed by atoms with van der Waals surface area (Å²) in [6, 6.07) is 10.1. The highest BCUT2D eigenvalue weighted by molar-refractivity contribution is 9.10. The number of benzene rings is 1. The number of hydrogen-bond acceptors (Lipinski definition) is 2. The van der Waals surface area contributed by atoms with Crippen LogP contribution in [0.2, 0.25) is 0 Å². The molecule has 2 N–H and O–H groups in total. The number of nitrogens with two attached hydrogens (primary N) is 1. The molecule has 4 heteroatoms. The van der Waals surface area contributed by atoms with Crippen LogP contribution in [0.25, 0.3) is 5.69 Å². The lowest BCUT2D eigenvalue weighted by atomic mass is 9.90. The summed E-state index contributed by atoms with van der Waals surface area (Å²) < 4.78 is 2.92. The molecule has 0 unspecified atom stereocenters. The zero-order chi connectivity index (χ0) is 12.5. The van der Waals surface area contributed by atoms with Crippen molar-refractivity contribution < 1.29 is 0 Å². The van der Waals surface area contributed by atoms with Crippen molar-refractivity contribution in [3.05, 3.63) is 46.7 Å². The second kappa shape index (κ2) is 4.63. The molecule has 0 bridgehead atoms. The molecular formula is C13H16BrN3. The van der Waals surface area contributed by atoms with Gasteiger partial charge in [0.15, 0.2) is 0 Å². The minimum atomic E-state index is -0.0860. The molecular weight excluding hydrogens is 278 g/mol. The van der Waals surface area contributed by atoms with Gasteiger partial charge < -0.3 is 5.73 Å². The van der Waals surface area contributed by atoms with Crippen molar-refractivity contribution in [2.45, 2.75) is 19.3 Å². The molecule has 0 amide bonds. The highest BCUT2D eigenvalue weighted by Gasteiger charge is 2.21.